The summed E-state index contributed by atoms with van der Waals surface area (Å²) in [6.45, 7) is 6.83. The number of carbonyl (C=O) groups excluding carboxylic acids is 1. The third kappa shape index (κ3) is 5.00. The van der Waals surface area contributed by atoms with Gasteiger partial charge in [-0.15, -0.1) is 0 Å². The van der Waals surface area contributed by atoms with Crippen molar-refractivity contribution >= 4 is 17.6 Å². The van der Waals surface area contributed by atoms with Crippen molar-refractivity contribution in [2.75, 3.05) is 6.61 Å². The first-order valence-electron chi connectivity index (χ1n) is 7.70. The van der Waals surface area contributed by atoms with Crippen LogP contribution in [0.15, 0.2) is 42.5 Å². The number of aryl methyl sites for hydroxylation is 1. The highest BCUT2D eigenvalue weighted by Crippen LogP contribution is 2.23. The predicted molar refractivity (Wildman–Crippen MR) is 92.5 cm³/mol. The molecule has 0 saturated heterocycles. The Kier molecular flexibility index (Phi) is 6.05. The number of ether oxygens (including phenoxy) is 2. The molecule has 0 fully saturated rings. The highest BCUT2D eigenvalue weighted by molar-refractivity contribution is 6.31. The largest absolute Gasteiger partial charge is 0.493 e. The smallest absolute Gasteiger partial charge is 0.343 e. The summed E-state index contributed by atoms with van der Waals surface area (Å²) in [7, 11) is 0. The summed E-state index contributed by atoms with van der Waals surface area (Å²) in [5.41, 5.74) is 1.41. The number of hydrogen-bond donors (Lipinski definition) is 0. The Morgan fingerprint density at radius 1 is 1.13 bits per heavy atom. The van der Waals surface area contributed by atoms with E-state index in [4.69, 9.17) is 21.1 Å². The molecule has 1 atom stereocenters. The summed E-state index contributed by atoms with van der Waals surface area (Å²) in [6.07, 6.45) is 1.07. The van der Waals surface area contributed by atoms with Crippen molar-refractivity contribution in [2.24, 2.45) is 5.92 Å². The molecule has 0 aliphatic heterocycles. The van der Waals surface area contributed by atoms with Gasteiger partial charge in [-0.3, -0.25) is 0 Å². The Morgan fingerprint density at radius 2 is 1.78 bits per heavy atom. The maximum absolute atomic E-state index is 12.1. The summed E-state index contributed by atoms with van der Waals surface area (Å²) in [4.78, 5) is 12.1. The summed E-state index contributed by atoms with van der Waals surface area (Å²) in [6, 6.07) is 12.1. The third-order valence-electron chi connectivity index (χ3n) is 3.68. The van der Waals surface area contributed by atoms with Crippen LogP contribution in [0.1, 0.15) is 36.2 Å². The Hall–Kier alpha value is -2.00. The van der Waals surface area contributed by atoms with Crippen LogP contribution < -0.4 is 9.47 Å². The average Bonchev–Trinajstić information content (AvgIpc) is 2.56. The molecule has 0 N–H and O–H groups in total. The number of carbonyl (C=O) groups is 1. The molecule has 3 nitrogen and oxygen atoms in total. The van der Waals surface area contributed by atoms with Crippen molar-refractivity contribution in [2.45, 2.75) is 27.2 Å². The minimum absolute atomic E-state index is 0.418. The molecule has 0 saturated carbocycles. The number of rotatable bonds is 6. The van der Waals surface area contributed by atoms with E-state index in [1.807, 2.05) is 13.0 Å². The molecule has 122 valence electrons. The van der Waals surface area contributed by atoms with Crippen LogP contribution in [0, 0.1) is 12.8 Å². The van der Waals surface area contributed by atoms with Crippen LogP contribution in [0.5, 0.6) is 11.5 Å². The van der Waals surface area contributed by atoms with Gasteiger partial charge in [0.05, 0.1) is 12.2 Å². The second kappa shape index (κ2) is 8.02. The average molecular weight is 333 g/mol. The zero-order valence-electron chi connectivity index (χ0n) is 13.6. The van der Waals surface area contributed by atoms with Gasteiger partial charge in [0.15, 0.2) is 0 Å². The summed E-state index contributed by atoms with van der Waals surface area (Å²) in [5, 5.41) is 0.573. The first kappa shape index (κ1) is 17.4. The number of halogens is 1. The van der Waals surface area contributed by atoms with E-state index >= 15 is 0 Å². The summed E-state index contributed by atoms with van der Waals surface area (Å²) in [5.74, 6) is 1.27. The molecular weight excluding hydrogens is 312 g/mol. The fraction of sp³-hybridized carbons (Fsp3) is 0.316. The van der Waals surface area contributed by atoms with Gasteiger partial charge in [-0.25, -0.2) is 4.79 Å². The van der Waals surface area contributed by atoms with Gasteiger partial charge in [-0.05, 0) is 54.8 Å². The molecule has 0 heterocycles. The Balaban J connectivity index is 1.98. The minimum Gasteiger partial charge on any atom is -0.493 e. The van der Waals surface area contributed by atoms with E-state index in [-0.39, 0.29) is 0 Å². The van der Waals surface area contributed by atoms with Crippen molar-refractivity contribution in [1.29, 1.82) is 0 Å². The minimum atomic E-state index is -0.418. The van der Waals surface area contributed by atoms with Crippen molar-refractivity contribution in [3.63, 3.8) is 0 Å². The first-order chi connectivity index (χ1) is 11.0. The van der Waals surface area contributed by atoms with Crippen molar-refractivity contribution in [3.05, 3.63) is 58.6 Å². The molecule has 2 aromatic rings. The number of esters is 1. The molecule has 0 bridgehead atoms. The van der Waals surface area contributed by atoms with E-state index in [0.717, 1.165) is 17.7 Å². The molecule has 1 unspecified atom stereocenters. The van der Waals surface area contributed by atoms with Crippen LogP contribution >= 0.6 is 11.6 Å². The van der Waals surface area contributed by atoms with E-state index in [1.54, 1.807) is 36.4 Å². The Labute approximate surface area is 142 Å². The lowest BCUT2D eigenvalue weighted by molar-refractivity contribution is 0.0734. The molecule has 0 spiro atoms. The zero-order valence-corrected chi connectivity index (χ0v) is 14.4. The zero-order chi connectivity index (χ0) is 16.8. The predicted octanol–water partition coefficient (Wildman–Crippen LogP) is 5.29. The van der Waals surface area contributed by atoms with Gasteiger partial charge >= 0.3 is 5.97 Å². The van der Waals surface area contributed by atoms with Gasteiger partial charge in [0.1, 0.15) is 11.5 Å². The highest BCUT2D eigenvalue weighted by Gasteiger charge is 2.10. The molecular formula is C19H21ClO3. The molecule has 0 amide bonds. The number of hydrogen-bond acceptors (Lipinski definition) is 3. The van der Waals surface area contributed by atoms with Crippen LogP contribution in [0.3, 0.4) is 0 Å². The molecule has 4 heteroatoms. The second-order valence-electron chi connectivity index (χ2n) is 5.65. The molecule has 0 aliphatic rings. The van der Waals surface area contributed by atoms with Gasteiger partial charge in [0.2, 0.25) is 0 Å². The van der Waals surface area contributed by atoms with E-state index in [0.29, 0.717) is 28.9 Å². The molecule has 2 rings (SSSR count). The number of benzene rings is 2. The summed E-state index contributed by atoms with van der Waals surface area (Å²) >= 11 is 6.03. The SMILES string of the molecule is CCC(C)COc1ccc(C(=O)Oc2ccc(C)c(Cl)c2)cc1. The Bertz CT molecular complexity index is 665. The third-order valence-corrected chi connectivity index (χ3v) is 4.08. The molecule has 23 heavy (non-hydrogen) atoms. The highest BCUT2D eigenvalue weighted by atomic mass is 35.5. The van der Waals surface area contributed by atoms with Crippen LogP contribution in [-0.2, 0) is 0 Å². The standard InChI is InChI=1S/C19H21ClO3/c1-4-13(2)12-22-16-9-6-15(7-10-16)19(21)23-17-8-5-14(3)18(20)11-17/h5-11,13H,4,12H2,1-3H3. The Morgan fingerprint density at radius 3 is 2.39 bits per heavy atom. The van der Waals surface area contributed by atoms with E-state index < -0.39 is 5.97 Å². The second-order valence-corrected chi connectivity index (χ2v) is 6.06. The maximum Gasteiger partial charge on any atom is 0.343 e. The van der Waals surface area contributed by atoms with Gasteiger partial charge < -0.3 is 9.47 Å². The first-order valence-corrected chi connectivity index (χ1v) is 8.08. The van der Waals surface area contributed by atoms with Gasteiger partial charge in [-0.1, -0.05) is 37.9 Å². The normalized spacial score (nSPS) is 11.8. The van der Waals surface area contributed by atoms with Crippen molar-refractivity contribution in [1.82, 2.24) is 0 Å². The topological polar surface area (TPSA) is 35.5 Å². The fourth-order valence-electron chi connectivity index (χ4n) is 1.85. The van der Waals surface area contributed by atoms with Gasteiger partial charge in [-0.2, -0.15) is 0 Å². The molecule has 0 radical (unpaired) electrons. The molecule has 0 aliphatic carbocycles. The van der Waals surface area contributed by atoms with E-state index in [2.05, 4.69) is 13.8 Å². The molecule has 0 aromatic heterocycles. The monoisotopic (exact) mass is 332 g/mol. The van der Waals surface area contributed by atoms with Gasteiger partial charge in [0.25, 0.3) is 0 Å². The van der Waals surface area contributed by atoms with E-state index in [1.165, 1.54) is 0 Å². The lowest BCUT2D eigenvalue weighted by Crippen LogP contribution is -2.09. The van der Waals surface area contributed by atoms with E-state index in [9.17, 15) is 4.79 Å². The van der Waals surface area contributed by atoms with Crippen molar-refractivity contribution in [3.8, 4) is 11.5 Å². The quantitative estimate of drug-likeness (QED) is 0.532. The summed E-state index contributed by atoms with van der Waals surface area (Å²) < 4.78 is 11.0. The van der Waals surface area contributed by atoms with Crippen LogP contribution in [0.2, 0.25) is 5.02 Å². The molecule has 2 aromatic carbocycles. The lowest BCUT2D eigenvalue weighted by atomic mass is 10.1. The van der Waals surface area contributed by atoms with Gasteiger partial charge in [0, 0.05) is 5.02 Å². The van der Waals surface area contributed by atoms with Crippen LogP contribution in [0.4, 0.5) is 0 Å². The van der Waals surface area contributed by atoms with Crippen LogP contribution in [0.25, 0.3) is 0 Å². The lowest BCUT2D eigenvalue weighted by Gasteiger charge is -2.11. The van der Waals surface area contributed by atoms with Crippen LogP contribution in [-0.4, -0.2) is 12.6 Å². The fourth-order valence-corrected chi connectivity index (χ4v) is 2.02. The maximum atomic E-state index is 12.1. The van der Waals surface area contributed by atoms with Crippen molar-refractivity contribution < 1.29 is 14.3 Å².